The van der Waals surface area contributed by atoms with Gasteiger partial charge in [-0.1, -0.05) is 30.3 Å². The minimum Gasteiger partial charge on any atom is -0.494 e. The quantitative estimate of drug-likeness (QED) is 0.624. The summed E-state index contributed by atoms with van der Waals surface area (Å²) in [6.07, 6.45) is 0.552. The van der Waals surface area contributed by atoms with Crippen molar-refractivity contribution in [3.63, 3.8) is 0 Å². The molecule has 0 atom stereocenters. The fourth-order valence-electron chi connectivity index (χ4n) is 3.03. The number of fused-ring (bicyclic) bond motifs is 3. The van der Waals surface area contributed by atoms with E-state index in [1.165, 1.54) is 0 Å². The molecule has 0 amide bonds. The van der Waals surface area contributed by atoms with Crippen molar-refractivity contribution in [3.8, 4) is 11.8 Å². The zero-order chi connectivity index (χ0) is 17.4. The highest BCUT2D eigenvalue weighted by atomic mass is 16.5. The van der Waals surface area contributed by atoms with Crippen LogP contribution >= 0.6 is 0 Å². The zero-order valence-corrected chi connectivity index (χ0v) is 13.6. The van der Waals surface area contributed by atoms with Crippen LogP contribution in [0.1, 0.15) is 16.8 Å². The molecule has 2 aromatic heterocycles. The summed E-state index contributed by atoms with van der Waals surface area (Å²) < 4.78 is 7.01. The summed E-state index contributed by atoms with van der Waals surface area (Å²) in [5.74, 6) is 0.969. The standard InChI is InChI=1S/C19H15N5O/c1-25-17-8-4-7-15-16-10-14(23-24(16)19(21)22-18(15)17)9-12-5-2-3-6-13(12)11-20/h2-8,10H,9H2,1H3,(H2,21,22). The van der Waals surface area contributed by atoms with E-state index in [1.54, 1.807) is 17.7 Å². The van der Waals surface area contributed by atoms with Gasteiger partial charge in [-0.2, -0.15) is 14.9 Å². The molecule has 122 valence electrons. The number of aromatic nitrogens is 3. The van der Waals surface area contributed by atoms with Crippen molar-refractivity contribution >= 4 is 22.4 Å². The topological polar surface area (TPSA) is 89.2 Å². The number of nitriles is 1. The summed E-state index contributed by atoms with van der Waals surface area (Å²) in [5.41, 5.74) is 10.1. The molecule has 4 aromatic rings. The first-order valence-corrected chi connectivity index (χ1v) is 7.80. The number of rotatable bonds is 3. The molecule has 0 aliphatic heterocycles. The molecule has 2 N–H and O–H groups in total. The lowest BCUT2D eigenvalue weighted by Crippen LogP contribution is -2.03. The van der Waals surface area contributed by atoms with E-state index in [0.29, 0.717) is 29.2 Å². The van der Waals surface area contributed by atoms with Crippen molar-refractivity contribution in [1.82, 2.24) is 14.6 Å². The first kappa shape index (κ1) is 15.0. The molecule has 0 radical (unpaired) electrons. The van der Waals surface area contributed by atoms with Crippen LogP contribution in [-0.4, -0.2) is 21.7 Å². The van der Waals surface area contributed by atoms with Crippen LogP contribution in [-0.2, 0) is 6.42 Å². The Morgan fingerprint density at radius 1 is 1.20 bits per heavy atom. The van der Waals surface area contributed by atoms with Crippen LogP contribution < -0.4 is 10.5 Å². The van der Waals surface area contributed by atoms with Gasteiger partial charge in [0.2, 0.25) is 5.95 Å². The van der Waals surface area contributed by atoms with Crippen molar-refractivity contribution in [3.05, 3.63) is 65.4 Å². The van der Waals surface area contributed by atoms with Gasteiger partial charge in [0, 0.05) is 11.8 Å². The summed E-state index contributed by atoms with van der Waals surface area (Å²) in [7, 11) is 1.61. The Balaban J connectivity index is 1.89. The molecule has 0 saturated carbocycles. The van der Waals surface area contributed by atoms with Crippen LogP contribution in [0.5, 0.6) is 5.75 Å². The van der Waals surface area contributed by atoms with Crippen molar-refractivity contribution < 1.29 is 4.74 Å². The van der Waals surface area contributed by atoms with Crippen LogP contribution in [0, 0.1) is 11.3 Å². The van der Waals surface area contributed by atoms with Crippen molar-refractivity contribution in [2.45, 2.75) is 6.42 Å². The Hall–Kier alpha value is -3.59. The fraction of sp³-hybridized carbons (Fsp3) is 0.105. The van der Waals surface area contributed by atoms with Gasteiger partial charge < -0.3 is 10.5 Å². The molecule has 0 bridgehead atoms. The van der Waals surface area contributed by atoms with Gasteiger partial charge in [-0.15, -0.1) is 0 Å². The number of hydrogen-bond donors (Lipinski definition) is 1. The van der Waals surface area contributed by atoms with Crippen LogP contribution in [0.3, 0.4) is 0 Å². The predicted molar refractivity (Wildman–Crippen MR) is 95.4 cm³/mol. The average molecular weight is 329 g/mol. The van der Waals surface area contributed by atoms with Crippen LogP contribution in [0.15, 0.2) is 48.5 Å². The Morgan fingerprint density at radius 3 is 2.84 bits per heavy atom. The monoisotopic (exact) mass is 329 g/mol. The fourth-order valence-corrected chi connectivity index (χ4v) is 3.03. The molecule has 0 unspecified atom stereocenters. The molecule has 6 heteroatoms. The molecule has 0 aliphatic carbocycles. The van der Waals surface area contributed by atoms with E-state index in [2.05, 4.69) is 16.2 Å². The van der Waals surface area contributed by atoms with Gasteiger partial charge in [-0.3, -0.25) is 0 Å². The average Bonchev–Trinajstić information content (AvgIpc) is 3.06. The Morgan fingerprint density at radius 2 is 2.04 bits per heavy atom. The lowest BCUT2D eigenvalue weighted by Gasteiger charge is -2.07. The first-order chi connectivity index (χ1) is 12.2. The number of benzene rings is 2. The lowest BCUT2D eigenvalue weighted by atomic mass is 10.0. The van der Waals surface area contributed by atoms with E-state index in [4.69, 9.17) is 10.5 Å². The molecular formula is C19H15N5O. The van der Waals surface area contributed by atoms with E-state index in [0.717, 1.165) is 22.2 Å². The number of nitrogen functional groups attached to an aromatic ring is 1. The van der Waals surface area contributed by atoms with Crippen LogP contribution in [0.4, 0.5) is 5.95 Å². The molecule has 6 nitrogen and oxygen atoms in total. The molecule has 2 aromatic carbocycles. The number of nitrogens with zero attached hydrogens (tertiary/aromatic N) is 4. The Bertz CT molecular complexity index is 1140. The molecule has 0 aliphatic rings. The molecule has 25 heavy (non-hydrogen) atoms. The highest BCUT2D eigenvalue weighted by Crippen LogP contribution is 2.29. The Kier molecular flexibility index (Phi) is 3.47. The maximum absolute atomic E-state index is 9.26. The van der Waals surface area contributed by atoms with Gasteiger partial charge in [0.1, 0.15) is 11.3 Å². The predicted octanol–water partition coefficient (Wildman–Crippen LogP) is 2.94. The third-order valence-corrected chi connectivity index (χ3v) is 4.21. The second kappa shape index (κ2) is 5.80. The maximum Gasteiger partial charge on any atom is 0.222 e. The highest BCUT2D eigenvalue weighted by Gasteiger charge is 2.14. The van der Waals surface area contributed by atoms with Gasteiger partial charge in [0.05, 0.1) is 30.0 Å². The third kappa shape index (κ3) is 2.42. The van der Waals surface area contributed by atoms with E-state index in [1.807, 2.05) is 42.5 Å². The first-order valence-electron chi connectivity index (χ1n) is 7.80. The SMILES string of the molecule is COc1cccc2c1nc(N)n1nc(Cc3ccccc3C#N)cc21. The summed E-state index contributed by atoms with van der Waals surface area (Å²) >= 11 is 0. The van der Waals surface area contributed by atoms with Crippen LogP contribution in [0.2, 0.25) is 0 Å². The lowest BCUT2D eigenvalue weighted by molar-refractivity contribution is 0.419. The minimum absolute atomic E-state index is 0.298. The van der Waals surface area contributed by atoms with E-state index < -0.39 is 0 Å². The summed E-state index contributed by atoms with van der Waals surface area (Å²) in [6, 6.07) is 17.4. The van der Waals surface area contributed by atoms with Crippen molar-refractivity contribution in [1.29, 1.82) is 5.26 Å². The number of nitrogens with two attached hydrogens (primary N) is 1. The summed E-state index contributed by atoms with van der Waals surface area (Å²) in [5, 5.41) is 14.7. The van der Waals surface area contributed by atoms with Gasteiger partial charge in [0.15, 0.2) is 0 Å². The minimum atomic E-state index is 0.298. The molecule has 0 spiro atoms. The normalized spacial score (nSPS) is 10.9. The highest BCUT2D eigenvalue weighted by molar-refractivity contribution is 5.97. The van der Waals surface area contributed by atoms with Crippen molar-refractivity contribution in [2.75, 3.05) is 12.8 Å². The van der Waals surface area contributed by atoms with Gasteiger partial charge in [0.25, 0.3) is 0 Å². The van der Waals surface area contributed by atoms with Crippen LogP contribution in [0.25, 0.3) is 16.4 Å². The summed E-state index contributed by atoms with van der Waals surface area (Å²) in [4.78, 5) is 4.43. The summed E-state index contributed by atoms with van der Waals surface area (Å²) in [6.45, 7) is 0. The Labute approximate surface area is 144 Å². The van der Waals surface area contributed by atoms with Gasteiger partial charge in [-0.05, 0) is 23.8 Å². The number of hydrogen-bond acceptors (Lipinski definition) is 5. The molecular weight excluding hydrogens is 314 g/mol. The number of methoxy groups -OCH3 is 1. The van der Waals surface area contributed by atoms with E-state index in [-0.39, 0.29) is 0 Å². The maximum atomic E-state index is 9.26. The van der Waals surface area contributed by atoms with E-state index in [9.17, 15) is 5.26 Å². The molecule has 0 fully saturated rings. The zero-order valence-electron chi connectivity index (χ0n) is 13.6. The second-order valence-corrected chi connectivity index (χ2v) is 5.70. The molecule has 2 heterocycles. The van der Waals surface area contributed by atoms with Gasteiger partial charge >= 0.3 is 0 Å². The largest absolute Gasteiger partial charge is 0.494 e. The van der Waals surface area contributed by atoms with Gasteiger partial charge in [-0.25, -0.2) is 4.98 Å². The number of para-hydroxylation sites is 1. The van der Waals surface area contributed by atoms with E-state index >= 15 is 0 Å². The second-order valence-electron chi connectivity index (χ2n) is 5.70. The van der Waals surface area contributed by atoms with Crippen molar-refractivity contribution in [2.24, 2.45) is 0 Å². The third-order valence-electron chi connectivity index (χ3n) is 4.21. The number of anilines is 1. The smallest absolute Gasteiger partial charge is 0.222 e. The number of ether oxygens (including phenoxy) is 1. The molecule has 0 saturated heterocycles. The molecule has 4 rings (SSSR count).